The van der Waals surface area contributed by atoms with E-state index < -0.39 is 5.97 Å². The quantitative estimate of drug-likeness (QED) is 0.0206. The van der Waals surface area contributed by atoms with Gasteiger partial charge in [-0.3, -0.25) is 28.3 Å². The first-order valence-corrected chi connectivity index (χ1v) is 28.5. The molecule has 2 aliphatic carbocycles. The number of hydrogen-bond acceptors (Lipinski definition) is 18. The third-order valence-corrected chi connectivity index (χ3v) is 14.9. The first-order valence-electron chi connectivity index (χ1n) is 28.5. The molecule has 8 N–H and O–H groups in total. The number of esters is 1. The standard InChI is InChI=1S/C29H39N7O4.C28H37N7O4.Li.H2O/c1-39-24(37)12-5-7-17-30-28(38)20-13-15-22(16-14-20)33-29-34-26(32-21-9-3-2-4-10-21)25-27(35-29)36(19-31-25)23-11-6-8-18-40-23;36-23(37)11-4-6-16-29-27(38)19-12-14-21(15-13-19)32-28-33-25(31-20-8-2-1-3-9-20)24-26(34-28)35(18-30-24)22-10-5-7-17-39-22;;/h13-16,19,21,23H,2-12,17-18H2,1H3,(H,30,38)(H2,32,33,34,35);12-15,18,20,22H,1-11,16-17H2,(H,29,38)(H,36,37)(H2,31,32,33,34);;1H2/q;;+1;/p-1. The van der Waals surface area contributed by atoms with Crippen LogP contribution in [0.25, 0.3) is 22.3 Å². The number of carbonyl (C=O) groups excluding carboxylic acids is 3. The zero-order valence-corrected chi connectivity index (χ0v) is 46.8. The van der Waals surface area contributed by atoms with Gasteiger partial charge in [-0.2, -0.15) is 19.9 Å². The topological polar surface area (TPSA) is 306 Å². The first kappa shape index (κ1) is 61.7. The number of benzene rings is 2. The molecule has 2 saturated heterocycles. The number of hydrogen-bond donors (Lipinski definition) is 7. The van der Waals surface area contributed by atoms with Crippen LogP contribution in [0, 0.1) is 0 Å². The molecule has 6 heterocycles. The molecule has 2 saturated carbocycles. The van der Waals surface area contributed by atoms with Crippen molar-refractivity contribution >= 4 is 81.0 Å². The van der Waals surface area contributed by atoms with Crippen LogP contribution in [-0.4, -0.2) is 119 Å². The fraction of sp³-hybridized carbons (Fsp3) is 0.544. The Bertz CT molecular complexity index is 2950. The number of unbranched alkanes of at least 4 members (excludes halogenated alkanes) is 2. The molecule has 24 heteroatoms. The van der Waals surface area contributed by atoms with Crippen LogP contribution in [0.15, 0.2) is 61.2 Å². The molecule has 4 aliphatic rings. The van der Waals surface area contributed by atoms with E-state index in [1.54, 1.807) is 30.6 Å². The Labute approximate surface area is 484 Å². The van der Waals surface area contributed by atoms with Gasteiger partial charge in [0, 0.05) is 73.7 Å². The second kappa shape index (κ2) is 31.3. The van der Waals surface area contributed by atoms with Gasteiger partial charge in [-0.05, 0) is 138 Å². The number of aliphatic carboxylic acids is 1. The number of carbonyl (C=O) groups is 4. The summed E-state index contributed by atoms with van der Waals surface area (Å²) in [6.45, 7) is 2.41. The number of nitrogens with one attached hydrogen (secondary N) is 6. The van der Waals surface area contributed by atoms with E-state index in [4.69, 9.17) is 34.5 Å². The number of rotatable bonds is 22. The number of carboxylic acid groups (broad SMARTS) is 1. The predicted octanol–water partition coefficient (Wildman–Crippen LogP) is 6.91. The van der Waals surface area contributed by atoms with Crippen molar-refractivity contribution in [1.82, 2.24) is 49.7 Å². The van der Waals surface area contributed by atoms with Crippen LogP contribution >= 0.6 is 0 Å². The molecule has 2 atom stereocenters. The summed E-state index contributed by atoms with van der Waals surface area (Å²) in [5.41, 5.74) is 5.60. The van der Waals surface area contributed by atoms with Crippen LogP contribution in [0.3, 0.4) is 0 Å². The Morgan fingerprint density at radius 1 is 0.568 bits per heavy atom. The number of nitrogens with zero attached hydrogens (tertiary/aromatic N) is 8. The summed E-state index contributed by atoms with van der Waals surface area (Å²) < 4.78 is 20.7. The number of imidazole rings is 2. The Balaban J connectivity index is 0.000000228. The second-order valence-electron chi connectivity index (χ2n) is 20.8. The van der Waals surface area contributed by atoms with Crippen molar-refractivity contribution in [2.24, 2.45) is 0 Å². The van der Waals surface area contributed by atoms with Gasteiger partial charge in [0.05, 0.1) is 19.8 Å². The van der Waals surface area contributed by atoms with E-state index >= 15 is 0 Å². The molecule has 6 aromatic rings. The molecule has 23 nitrogen and oxygen atoms in total. The smallest absolute Gasteiger partial charge is 0.870 e. The van der Waals surface area contributed by atoms with Crippen LogP contribution in [0.1, 0.15) is 174 Å². The van der Waals surface area contributed by atoms with Crippen molar-refractivity contribution in [3.8, 4) is 0 Å². The summed E-state index contributed by atoms with van der Waals surface area (Å²) in [7, 11) is 1.38. The van der Waals surface area contributed by atoms with Gasteiger partial charge in [0.2, 0.25) is 11.9 Å². The zero-order chi connectivity index (χ0) is 54.8. The van der Waals surface area contributed by atoms with Gasteiger partial charge >= 0.3 is 30.8 Å². The summed E-state index contributed by atoms with van der Waals surface area (Å²) >= 11 is 0. The van der Waals surface area contributed by atoms with Gasteiger partial charge in [-0.1, -0.05) is 38.5 Å². The Hall–Kier alpha value is -6.90. The largest absolute Gasteiger partial charge is 1.00 e. The summed E-state index contributed by atoms with van der Waals surface area (Å²) in [6, 6.07) is 15.1. The molecule has 10 rings (SSSR count). The molecule has 0 radical (unpaired) electrons. The normalized spacial score (nSPS) is 17.5. The van der Waals surface area contributed by atoms with E-state index in [1.165, 1.54) is 45.6 Å². The summed E-state index contributed by atoms with van der Waals surface area (Å²) in [5, 5.41) is 28.3. The zero-order valence-electron chi connectivity index (χ0n) is 46.8. The Morgan fingerprint density at radius 2 is 0.988 bits per heavy atom. The van der Waals surface area contributed by atoms with Gasteiger partial charge < -0.3 is 56.7 Å². The maximum Gasteiger partial charge on any atom is 1.00 e. The molecule has 81 heavy (non-hydrogen) atoms. The number of anilines is 6. The van der Waals surface area contributed by atoms with E-state index in [1.807, 2.05) is 39.7 Å². The van der Waals surface area contributed by atoms with E-state index in [-0.39, 0.29) is 61.0 Å². The molecule has 2 unspecified atom stereocenters. The van der Waals surface area contributed by atoms with Crippen molar-refractivity contribution in [3.63, 3.8) is 0 Å². The first-order chi connectivity index (χ1) is 38.7. The number of ether oxygens (including phenoxy) is 3. The molecule has 430 valence electrons. The van der Waals surface area contributed by atoms with Crippen LogP contribution in [0.5, 0.6) is 0 Å². The molecule has 4 aromatic heterocycles. The van der Waals surface area contributed by atoms with Crippen molar-refractivity contribution in [2.45, 2.75) is 166 Å². The van der Waals surface area contributed by atoms with Gasteiger partial charge in [0.1, 0.15) is 12.5 Å². The molecule has 2 aliphatic heterocycles. The molecule has 4 fully saturated rings. The summed E-state index contributed by atoms with van der Waals surface area (Å²) in [4.78, 5) is 75.4. The number of fused-ring (bicyclic) bond motifs is 2. The minimum atomic E-state index is -0.823. The van der Waals surface area contributed by atoms with Crippen LogP contribution < -0.4 is 50.8 Å². The Kier molecular flexibility index (Phi) is 23.9. The van der Waals surface area contributed by atoms with Crippen molar-refractivity contribution in [3.05, 3.63) is 72.3 Å². The minimum Gasteiger partial charge on any atom is -0.870 e. The minimum absolute atomic E-state index is 0. The van der Waals surface area contributed by atoms with Crippen molar-refractivity contribution in [2.75, 3.05) is 54.7 Å². The van der Waals surface area contributed by atoms with Crippen molar-refractivity contribution < 1.29 is 62.8 Å². The number of carboxylic acids is 1. The fourth-order valence-electron chi connectivity index (χ4n) is 10.5. The number of aromatic nitrogens is 8. The van der Waals surface area contributed by atoms with E-state index in [0.29, 0.717) is 80.3 Å². The molecular formula is C57H77LiN14O9. The summed E-state index contributed by atoms with van der Waals surface area (Å²) in [6.07, 6.45) is 24.5. The van der Waals surface area contributed by atoms with Gasteiger partial charge in [0.15, 0.2) is 34.0 Å². The predicted molar refractivity (Wildman–Crippen MR) is 303 cm³/mol. The van der Waals surface area contributed by atoms with E-state index in [2.05, 4.69) is 46.6 Å². The van der Waals surface area contributed by atoms with Crippen LogP contribution in [0.4, 0.5) is 34.9 Å². The van der Waals surface area contributed by atoms with Crippen LogP contribution in [0.2, 0.25) is 0 Å². The maximum absolute atomic E-state index is 12.5. The monoisotopic (exact) mass is 1110 g/mol. The van der Waals surface area contributed by atoms with Crippen LogP contribution in [-0.2, 0) is 23.8 Å². The Morgan fingerprint density at radius 3 is 1.38 bits per heavy atom. The second-order valence-corrected chi connectivity index (χ2v) is 20.8. The molecule has 0 bridgehead atoms. The average Bonchev–Trinajstić information content (AvgIpc) is 4.18. The molecule has 2 aromatic carbocycles. The van der Waals surface area contributed by atoms with Gasteiger partial charge in [-0.25, -0.2) is 9.97 Å². The average molecular weight is 1110 g/mol. The number of amides is 2. The fourth-order valence-corrected chi connectivity index (χ4v) is 10.5. The summed E-state index contributed by atoms with van der Waals surface area (Å²) in [5.74, 6) is 0.972. The maximum atomic E-state index is 12.5. The molecule has 0 spiro atoms. The SMILES string of the molecule is COC(=O)CCCCNC(=O)c1ccc(Nc2nc(NC3CCCCC3)c3ncn(C4CCCCO4)c3n2)cc1.O=C(O)CCCCNC(=O)c1ccc(Nc2nc(NC3CCCCC3)c3ncn(C4CCCCO4)c3n2)cc1.[Li+].[OH-]. The molecule has 2 amide bonds. The van der Waals surface area contributed by atoms with Crippen molar-refractivity contribution in [1.29, 1.82) is 0 Å². The third kappa shape index (κ3) is 17.6. The van der Waals surface area contributed by atoms with E-state index in [9.17, 15) is 19.2 Å². The molecular weight excluding hydrogens is 1030 g/mol. The van der Waals surface area contributed by atoms with Gasteiger partial charge in [0.25, 0.3) is 11.8 Å². The van der Waals surface area contributed by atoms with Gasteiger partial charge in [-0.15, -0.1) is 0 Å². The number of methoxy groups -OCH3 is 1. The van der Waals surface area contributed by atoms with E-state index in [0.717, 1.165) is 123 Å². The third-order valence-electron chi connectivity index (χ3n) is 14.9.